The maximum atomic E-state index is 9.39. The highest BCUT2D eigenvalue weighted by atomic mass is 35.5. The Hall–Kier alpha value is -0.570. The molecule has 3 heteroatoms. The van der Waals surface area contributed by atoms with Gasteiger partial charge in [-0.3, -0.25) is 0 Å². The Morgan fingerprint density at radius 2 is 2.25 bits per heavy atom. The van der Waals surface area contributed by atoms with Gasteiger partial charge in [0, 0.05) is 17.1 Å². The number of halogens is 1. The number of aliphatic hydroxyl groups excluding tert-OH is 1. The summed E-state index contributed by atoms with van der Waals surface area (Å²) in [5.74, 6) is 0. The van der Waals surface area contributed by atoms with Gasteiger partial charge >= 0.3 is 0 Å². The first-order valence-electron chi connectivity index (χ1n) is 3.79. The van der Waals surface area contributed by atoms with E-state index in [1.807, 2.05) is 19.1 Å². The molecule has 0 aliphatic rings. The molecule has 0 fully saturated rings. The Labute approximate surface area is 77.0 Å². The van der Waals surface area contributed by atoms with Crippen LogP contribution in [0.5, 0.6) is 0 Å². The molecule has 0 amide bonds. The number of rotatable bonds is 2. The lowest BCUT2D eigenvalue weighted by atomic mass is 10.1. The summed E-state index contributed by atoms with van der Waals surface area (Å²) in [4.78, 5) is 0. The van der Waals surface area contributed by atoms with Crippen molar-refractivity contribution >= 4 is 11.6 Å². The van der Waals surface area contributed by atoms with Gasteiger partial charge in [0.25, 0.3) is 0 Å². The average molecular weight is 186 g/mol. The number of benzene rings is 1. The number of hydrogen-bond acceptors (Lipinski definition) is 2. The third-order valence-corrected chi connectivity index (χ3v) is 2.07. The highest BCUT2D eigenvalue weighted by Gasteiger charge is 2.08. The molecule has 1 atom stereocenters. The largest absolute Gasteiger partial charge is 0.387 e. The second-order valence-electron chi connectivity index (χ2n) is 2.78. The SMILES string of the molecule is Cc1ccc([C@@H](O)CN)c(Cl)c1. The van der Waals surface area contributed by atoms with Gasteiger partial charge in [0.2, 0.25) is 0 Å². The summed E-state index contributed by atoms with van der Waals surface area (Å²) in [6, 6.07) is 5.52. The first-order valence-corrected chi connectivity index (χ1v) is 4.17. The molecule has 0 saturated carbocycles. The van der Waals surface area contributed by atoms with Gasteiger partial charge < -0.3 is 10.8 Å². The standard InChI is InChI=1S/C9H12ClNO/c1-6-2-3-7(8(10)4-6)9(12)5-11/h2-4,9,12H,5,11H2,1H3/t9-/m0/s1. The van der Waals surface area contributed by atoms with Crippen LogP contribution in [0.15, 0.2) is 18.2 Å². The molecule has 0 aliphatic carbocycles. The Kier molecular flexibility index (Phi) is 3.09. The van der Waals surface area contributed by atoms with Crippen LogP contribution in [-0.2, 0) is 0 Å². The van der Waals surface area contributed by atoms with Crippen LogP contribution in [0.1, 0.15) is 17.2 Å². The van der Waals surface area contributed by atoms with Crippen LogP contribution >= 0.6 is 11.6 Å². The molecule has 3 N–H and O–H groups in total. The average Bonchev–Trinajstić information content (AvgIpc) is 2.03. The molecule has 1 aromatic carbocycles. The van der Waals surface area contributed by atoms with Gasteiger partial charge in [-0.25, -0.2) is 0 Å². The lowest BCUT2D eigenvalue weighted by molar-refractivity contribution is 0.187. The Morgan fingerprint density at radius 1 is 1.58 bits per heavy atom. The summed E-state index contributed by atoms with van der Waals surface area (Å²) in [7, 11) is 0. The summed E-state index contributed by atoms with van der Waals surface area (Å²) in [5, 5.41) is 9.97. The van der Waals surface area contributed by atoms with Crippen molar-refractivity contribution in [3.05, 3.63) is 34.3 Å². The van der Waals surface area contributed by atoms with Crippen molar-refractivity contribution in [3.63, 3.8) is 0 Å². The van der Waals surface area contributed by atoms with Gasteiger partial charge in [0.1, 0.15) is 0 Å². The maximum Gasteiger partial charge on any atom is 0.0926 e. The van der Waals surface area contributed by atoms with E-state index in [0.29, 0.717) is 10.6 Å². The van der Waals surface area contributed by atoms with E-state index in [0.717, 1.165) is 5.56 Å². The molecule has 0 saturated heterocycles. The molecule has 12 heavy (non-hydrogen) atoms. The molecule has 1 rings (SSSR count). The van der Waals surface area contributed by atoms with Gasteiger partial charge in [-0.15, -0.1) is 0 Å². The molecule has 1 aromatic rings. The van der Waals surface area contributed by atoms with Crippen LogP contribution in [0, 0.1) is 6.92 Å². The van der Waals surface area contributed by atoms with Crippen molar-refractivity contribution < 1.29 is 5.11 Å². The monoisotopic (exact) mass is 185 g/mol. The highest BCUT2D eigenvalue weighted by Crippen LogP contribution is 2.23. The highest BCUT2D eigenvalue weighted by molar-refractivity contribution is 6.31. The fraction of sp³-hybridized carbons (Fsp3) is 0.333. The summed E-state index contributed by atoms with van der Waals surface area (Å²) < 4.78 is 0. The third-order valence-electron chi connectivity index (χ3n) is 1.74. The molecule has 0 spiro atoms. The van der Waals surface area contributed by atoms with E-state index >= 15 is 0 Å². The van der Waals surface area contributed by atoms with Crippen LogP contribution in [0.4, 0.5) is 0 Å². The molecule has 0 aliphatic heterocycles. The molecule has 0 heterocycles. The molecular formula is C9H12ClNO. The van der Waals surface area contributed by atoms with Crippen LogP contribution in [-0.4, -0.2) is 11.7 Å². The molecule has 0 aromatic heterocycles. The fourth-order valence-electron chi connectivity index (χ4n) is 1.03. The number of aryl methyl sites for hydroxylation is 1. The van der Waals surface area contributed by atoms with Crippen LogP contribution in [0.2, 0.25) is 5.02 Å². The molecule has 2 nitrogen and oxygen atoms in total. The third kappa shape index (κ3) is 1.97. The van der Waals surface area contributed by atoms with Crippen molar-refractivity contribution in [2.45, 2.75) is 13.0 Å². The van der Waals surface area contributed by atoms with E-state index in [1.165, 1.54) is 0 Å². The minimum atomic E-state index is -0.655. The normalized spacial score (nSPS) is 13.0. The molecule has 0 radical (unpaired) electrons. The summed E-state index contributed by atoms with van der Waals surface area (Å²) >= 11 is 5.89. The minimum Gasteiger partial charge on any atom is -0.387 e. The van der Waals surface area contributed by atoms with Crippen LogP contribution < -0.4 is 5.73 Å². The van der Waals surface area contributed by atoms with Gasteiger partial charge in [-0.2, -0.15) is 0 Å². The predicted molar refractivity (Wildman–Crippen MR) is 50.2 cm³/mol. The zero-order chi connectivity index (χ0) is 9.14. The van der Waals surface area contributed by atoms with Crippen molar-refractivity contribution in [1.29, 1.82) is 0 Å². The van der Waals surface area contributed by atoms with Crippen molar-refractivity contribution in [3.8, 4) is 0 Å². The van der Waals surface area contributed by atoms with E-state index in [4.69, 9.17) is 17.3 Å². The molecule has 0 bridgehead atoms. The minimum absolute atomic E-state index is 0.197. The molecular weight excluding hydrogens is 174 g/mol. The van der Waals surface area contributed by atoms with E-state index in [-0.39, 0.29) is 6.54 Å². The molecule has 66 valence electrons. The van der Waals surface area contributed by atoms with Crippen molar-refractivity contribution in [1.82, 2.24) is 0 Å². The zero-order valence-corrected chi connectivity index (χ0v) is 7.67. The lowest BCUT2D eigenvalue weighted by Crippen LogP contribution is -2.11. The van der Waals surface area contributed by atoms with Gasteiger partial charge in [-0.05, 0) is 18.6 Å². The Bertz CT molecular complexity index is 275. The summed E-state index contributed by atoms with van der Waals surface area (Å²) in [6.07, 6.45) is -0.655. The topological polar surface area (TPSA) is 46.2 Å². The lowest BCUT2D eigenvalue weighted by Gasteiger charge is -2.10. The van der Waals surface area contributed by atoms with Crippen LogP contribution in [0.3, 0.4) is 0 Å². The van der Waals surface area contributed by atoms with E-state index in [2.05, 4.69) is 0 Å². The quantitative estimate of drug-likeness (QED) is 0.736. The number of aliphatic hydroxyl groups is 1. The second-order valence-corrected chi connectivity index (χ2v) is 3.18. The van der Waals surface area contributed by atoms with E-state index in [1.54, 1.807) is 6.07 Å². The maximum absolute atomic E-state index is 9.39. The second kappa shape index (κ2) is 3.90. The molecule has 0 unspecified atom stereocenters. The smallest absolute Gasteiger partial charge is 0.0926 e. The van der Waals surface area contributed by atoms with Gasteiger partial charge in [0.15, 0.2) is 0 Å². The predicted octanol–water partition coefficient (Wildman–Crippen LogP) is 1.64. The van der Waals surface area contributed by atoms with E-state index < -0.39 is 6.10 Å². The summed E-state index contributed by atoms with van der Waals surface area (Å²) in [5.41, 5.74) is 7.08. The first kappa shape index (κ1) is 9.52. The van der Waals surface area contributed by atoms with Crippen LogP contribution in [0.25, 0.3) is 0 Å². The van der Waals surface area contributed by atoms with Crippen molar-refractivity contribution in [2.24, 2.45) is 5.73 Å². The number of hydrogen-bond donors (Lipinski definition) is 2. The van der Waals surface area contributed by atoms with Gasteiger partial charge in [0.05, 0.1) is 6.10 Å². The summed E-state index contributed by atoms with van der Waals surface area (Å²) in [6.45, 7) is 2.15. The van der Waals surface area contributed by atoms with Crippen molar-refractivity contribution in [2.75, 3.05) is 6.54 Å². The first-order chi connectivity index (χ1) is 5.65. The van der Waals surface area contributed by atoms with E-state index in [9.17, 15) is 5.11 Å². The zero-order valence-electron chi connectivity index (χ0n) is 6.92. The fourth-order valence-corrected chi connectivity index (χ4v) is 1.39. The Morgan fingerprint density at radius 3 is 2.75 bits per heavy atom. The number of nitrogens with two attached hydrogens (primary N) is 1. The Balaban J connectivity index is 3.01. The van der Waals surface area contributed by atoms with Gasteiger partial charge in [-0.1, -0.05) is 23.7 Å².